The third kappa shape index (κ3) is 6.09. The fourth-order valence-corrected chi connectivity index (χ4v) is 3.98. The van der Waals surface area contributed by atoms with Gasteiger partial charge in [0.25, 0.3) is 0 Å². The molecule has 1 aliphatic heterocycles. The molecular formula is C23H23F3N6O4. The molecule has 1 fully saturated rings. The molecule has 1 saturated heterocycles. The molecule has 1 amide bonds. The number of carbonyl (C=O) groups excluding carboxylic acids is 1. The Bertz CT molecular complexity index is 1240. The summed E-state index contributed by atoms with van der Waals surface area (Å²) in [6.07, 6.45) is -1.24. The lowest BCUT2D eigenvalue weighted by Crippen LogP contribution is -2.35. The second-order valence-corrected chi connectivity index (χ2v) is 8.46. The second kappa shape index (κ2) is 10.2. The minimum atomic E-state index is -4.45. The van der Waals surface area contributed by atoms with E-state index in [1.54, 1.807) is 6.07 Å². The normalized spacial score (nSPS) is 14.5. The van der Waals surface area contributed by atoms with Gasteiger partial charge in [-0.3, -0.25) is 9.59 Å². The third-order valence-electron chi connectivity index (χ3n) is 5.77. The number of aliphatic carboxylic acids is 1. The second-order valence-electron chi connectivity index (χ2n) is 8.46. The molecule has 3 heterocycles. The van der Waals surface area contributed by atoms with Crippen LogP contribution in [0.15, 0.2) is 40.9 Å². The molecule has 0 unspecified atom stereocenters. The summed E-state index contributed by atoms with van der Waals surface area (Å²) in [6, 6.07) is 5.82. The zero-order valence-corrected chi connectivity index (χ0v) is 19.2. The molecule has 13 heteroatoms. The number of aryl methyl sites for hydroxylation is 1. The van der Waals surface area contributed by atoms with Gasteiger partial charge in [0, 0.05) is 25.2 Å². The standard InChI is InChI=1S/C23H23F3N6O4/c1-13-10-17(12-27-19(13)32-8-6-14(7-9-32)11-18(33)34)28-20(35)21-30-31-22(36-21)29-16-4-2-15(3-5-16)23(24,25)26/h2-5,10,12,14H,6-9,11H2,1H3,(H,28,35)(H,29,31)(H,33,34). The van der Waals surface area contributed by atoms with Crippen LogP contribution in [0.1, 0.15) is 41.1 Å². The Morgan fingerprint density at radius 1 is 1.14 bits per heavy atom. The van der Waals surface area contributed by atoms with Crippen LogP contribution in [0.5, 0.6) is 0 Å². The number of hydrogen-bond acceptors (Lipinski definition) is 8. The van der Waals surface area contributed by atoms with Crippen molar-refractivity contribution in [1.82, 2.24) is 15.2 Å². The van der Waals surface area contributed by atoms with E-state index in [2.05, 4.69) is 30.7 Å². The molecule has 0 aliphatic carbocycles. The van der Waals surface area contributed by atoms with Gasteiger partial charge in [0.05, 0.1) is 17.4 Å². The van der Waals surface area contributed by atoms with Gasteiger partial charge in [-0.2, -0.15) is 13.2 Å². The Morgan fingerprint density at radius 2 is 1.83 bits per heavy atom. The van der Waals surface area contributed by atoms with Crippen LogP contribution in [0, 0.1) is 12.8 Å². The SMILES string of the molecule is Cc1cc(NC(=O)c2nnc(Nc3ccc(C(F)(F)F)cc3)o2)cnc1N1CCC(CC(=O)O)CC1. The van der Waals surface area contributed by atoms with Crippen molar-refractivity contribution in [1.29, 1.82) is 0 Å². The van der Waals surface area contributed by atoms with Gasteiger partial charge in [-0.1, -0.05) is 5.10 Å². The molecule has 0 saturated carbocycles. The Hall–Kier alpha value is -4.16. The zero-order chi connectivity index (χ0) is 25.9. The molecule has 10 nitrogen and oxygen atoms in total. The number of benzene rings is 1. The maximum atomic E-state index is 12.7. The van der Waals surface area contributed by atoms with Gasteiger partial charge in [-0.25, -0.2) is 4.98 Å². The monoisotopic (exact) mass is 504 g/mol. The predicted octanol–water partition coefficient (Wildman–Crippen LogP) is 4.48. The van der Waals surface area contributed by atoms with Crippen LogP contribution in [-0.2, 0) is 11.0 Å². The summed E-state index contributed by atoms with van der Waals surface area (Å²) in [5.41, 5.74) is 0.731. The van der Waals surface area contributed by atoms with E-state index >= 15 is 0 Å². The summed E-state index contributed by atoms with van der Waals surface area (Å²) in [7, 11) is 0. The van der Waals surface area contributed by atoms with Crippen molar-refractivity contribution in [2.24, 2.45) is 5.92 Å². The molecule has 1 aliphatic rings. The highest BCUT2D eigenvalue weighted by Gasteiger charge is 2.30. The number of alkyl halides is 3. The first kappa shape index (κ1) is 24.9. The average molecular weight is 504 g/mol. The van der Waals surface area contributed by atoms with Gasteiger partial charge < -0.3 is 25.1 Å². The van der Waals surface area contributed by atoms with Gasteiger partial charge in [0.2, 0.25) is 0 Å². The van der Waals surface area contributed by atoms with Crippen molar-refractivity contribution in [3.63, 3.8) is 0 Å². The average Bonchev–Trinajstić information content (AvgIpc) is 3.28. The molecule has 4 rings (SSSR count). The number of carbonyl (C=O) groups is 2. The lowest BCUT2D eigenvalue weighted by Gasteiger charge is -2.33. The van der Waals surface area contributed by atoms with E-state index in [0.717, 1.165) is 36.4 Å². The van der Waals surface area contributed by atoms with Crippen molar-refractivity contribution in [3.05, 3.63) is 53.5 Å². The number of aromatic nitrogens is 3. The minimum absolute atomic E-state index is 0.157. The molecule has 3 aromatic rings. The zero-order valence-electron chi connectivity index (χ0n) is 19.2. The summed E-state index contributed by atoms with van der Waals surface area (Å²) in [4.78, 5) is 30.0. The van der Waals surface area contributed by atoms with Crippen LogP contribution in [-0.4, -0.2) is 45.3 Å². The Kier molecular flexibility index (Phi) is 7.08. The van der Waals surface area contributed by atoms with Crippen LogP contribution < -0.4 is 15.5 Å². The molecule has 190 valence electrons. The van der Waals surface area contributed by atoms with Crippen LogP contribution in [0.25, 0.3) is 0 Å². The van der Waals surface area contributed by atoms with Gasteiger partial charge >= 0.3 is 30.0 Å². The number of rotatable bonds is 7. The quantitative estimate of drug-likeness (QED) is 0.426. The first-order valence-corrected chi connectivity index (χ1v) is 11.1. The first-order chi connectivity index (χ1) is 17.1. The molecule has 0 radical (unpaired) electrons. The number of hydrogen-bond donors (Lipinski definition) is 3. The Balaban J connectivity index is 1.34. The molecule has 0 spiro atoms. The lowest BCUT2D eigenvalue weighted by molar-refractivity contribution is -0.138. The molecule has 2 aromatic heterocycles. The summed E-state index contributed by atoms with van der Waals surface area (Å²) >= 11 is 0. The molecule has 0 bridgehead atoms. The van der Waals surface area contributed by atoms with Crippen molar-refractivity contribution < 1.29 is 32.3 Å². The number of nitrogens with zero attached hydrogens (tertiary/aromatic N) is 4. The lowest BCUT2D eigenvalue weighted by atomic mass is 9.93. The van der Waals surface area contributed by atoms with Crippen molar-refractivity contribution >= 4 is 35.1 Å². The van der Waals surface area contributed by atoms with E-state index < -0.39 is 23.6 Å². The van der Waals surface area contributed by atoms with Gasteiger partial charge in [0.15, 0.2) is 0 Å². The third-order valence-corrected chi connectivity index (χ3v) is 5.77. The van der Waals surface area contributed by atoms with Crippen LogP contribution in [0.4, 0.5) is 36.4 Å². The van der Waals surface area contributed by atoms with E-state index in [1.807, 2.05) is 6.92 Å². The molecule has 3 N–H and O–H groups in total. The summed E-state index contributed by atoms with van der Waals surface area (Å²) in [5, 5.41) is 21.6. The highest BCUT2D eigenvalue weighted by Crippen LogP contribution is 2.30. The van der Waals surface area contributed by atoms with Crippen LogP contribution in [0.2, 0.25) is 0 Å². The van der Waals surface area contributed by atoms with E-state index in [-0.39, 0.29) is 29.9 Å². The summed E-state index contributed by atoms with van der Waals surface area (Å²) in [6.45, 7) is 3.27. The highest BCUT2D eigenvalue weighted by atomic mass is 19.4. The molecular weight excluding hydrogens is 481 g/mol. The number of carboxylic acids is 1. The highest BCUT2D eigenvalue weighted by molar-refractivity contribution is 6.01. The molecule has 36 heavy (non-hydrogen) atoms. The van der Waals surface area contributed by atoms with E-state index in [0.29, 0.717) is 18.8 Å². The largest absolute Gasteiger partial charge is 0.481 e. The maximum absolute atomic E-state index is 12.7. The van der Waals surface area contributed by atoms with Gasteiger partial charge in [0.1, 0.15) is 5.82 Å². The smallest absolute Gasteiger partial charge is 0.416 e. The number of pyridine rings is 1. The minimum Gasteiger partial charge on any atom is -0.481 e. The van der Waals surface area contributed by atoms with Gasteiger partial charge in [-0.15, -0.1) is 5.10 Å². The Labute approximate surface area is 203 Å². The van der Waals surface area contributed by atoms with E-state index in [9.17, 15) is 22.8 Å². The molecule has 0 atom stereocenters. The fraction of sp³-hybridized carbons (Fsp3) is 0.348. The van der Waals surface area contributed by atoms with Crippen molar-refractivity contribution in [3.8, 4) is 0 Å². The number of piperidine rings is 1. The van der Waals surface area contributed by atoms with Crippen LogP contribution >= 0.6 is 0 Å². The van der Waals surface area contributed by atoms with Gasteiger partial charge in [-0.05, 0) is 61.6 Å². The number of halogens is 3. The first-order valence-electron chi connectivity index (χ1n) is 11.1. The van der Waals surface area contributed by atoms with Crippen molar-refractivity contribution in [2.75, 3.05) is 28.6 Å². The Morgan fingerprint density at radius 3 is 2.44 bits per heavy atom. The fourth-order valence-electron chi connectivity index (χ4n) is 3.98. The summed E-state index contributed by atoms with van der Waals surface area (Å²) < 4.78 is 43.3. The van der Waals surface area contributed by atoms with Crippen LogP contribution in [0.3, 0.4) is 0 Å². The summed E-state index contributed by atoms with van der Waals surface area (Å²) in [5.74, 6) is -0.877. The predicted molar refractivity (Wildman–Crippen MR) is 123 cm³/mol. The van der Waals surface area contributed by atoms with E-state index in [4.69, 9.17) is 9.52 Å². The number of amides is 1. The maximum Gasteiger partial charge on any atom is 0.416 e. The van der Waals surface area contributed by atoms with Crippen molar-refractivity contribution in [2.45, 2.75) is 32.4 Å². The topological polar surface area (TPSA) is 133 Å². The molecule has 1 aromatic carbocycles. The van der Waals surface area contributed by atoms with E-state index in [1.165, 1.54) is 18.3 Å². The number of nitrogens with one attached hydrogen (secondary N) is 2. The number of anilines is 4. The number of carboxylic acid groups (broad SMARTS) is 1.